The van der Waals surface area contributed by atoms with Crippen LogP contribution >= 0.6 is 0 Å². The molecule has 2 aromatic carbocycles. The summed E-state index contributed by atoms with van der Waals surface area (Å²) in [7, 11) is 1.48. The van der Waals surface area contributed by atoms with E-state index in [1.54, 1.807) is 0 Å². The molecule has 7 nitrogen and oxygen atoms in total. The van der Waals surface area contributed by atoms with Gasteiger partial charge in [0.15, 0.2) is 0 Å². The second kappa shape index (κ2) is 9.34. The predicted octanol–water partition coefficient (Wildman–Crippen LogP) is 2.60. The maximum atomic E-state index is 12.7. The third-order valence-corrected chi connectivity index (χ3v) is 4.77. The molecule has 152 valence electrons. The number of fused-ring (bicyclic) bond motifs is 1. The number of hydrogen-bond donors (Lipinski definition) is 2. The Morgan fingerprint density at radius 2 is 1.86 bits per heavy atom. The lowest BCUT2D eigenvalue weighted by Crippen LogP contribution is -2.30. The van der Waals surface area contributed by atoms with Gasteiger partial charge in [0.1, 0.15) is 19.0 Å². The Hall–Kier alpha value is -3.19. The van der Waals surface area contributed by atoms with Crippen LogP contribution in [0.2, 0.25) is 0 Å². The fourth-order valence-electron chi connectivity index (χ4n) is 3.15. The van der Waals surface area contributed by atoms with Crippen molar-refractivity contribution in [2.24, 2.45) is 0 Å². The van der Waals surface area contributed by atoms with Gasteiger partial charge in [-0.05, 0) is 49.2 Å². The number of aryl methyl sites for hydroxylation is 2. The number of amides is 2. The number of methoxy groups -OCH3 is 1. The Morgan fingerprint density at radius 3 is 2.62 bits per heavy atom. The molecular formula is C22H26N4O3. The minimum atomic E-state index is -0.178. The van der Waals surface area contributed by atoms with Gasteiger partial charge in [0.05, 0.1) is 11.0 Å². The summed E-state index contributed by atoms with van der Waals surface area (Å²) in [5.41, 5.74) is 4.80. The van der Waals surface area contributed by atoms with E-state index < -0.39 is 0 Å². The van der Waals surface area contributed by atoms with E-state index >= 15 is 0 Å². The number of ether oxygens (including phenoxy) is 1. The van der Waals surface area contributed by atoms with E-state index in [4.69, 9.17) is 4.74 Å². The van der Waals surface area contributed by atoms with Gasteiger partial charge in [0, 0.05) is 25.8 Å². The standard InChI is InChI=1S/C22H26N4O3/c1-15-8-9-17(12-16(15)2)24-21(27)13-26-19-7-5-4-6-18(19)25-20(26)10-11-23-22(28)14-29-3/h4-9,12H,10-11,13-14H2,1-3H3,(H,23,28)(H,24,27). The van der Waals surface area contributed by atoms with E-state index in [-0.39, 0.29) is 25.0 Å². The molecule has 0 saturated heterocycles. The van der Waals surface area contributed by atoms with Crippen LogP contribution in [0, 0.1) is 13.8 Å². The first-order valence-electron chi connectivity index (χ1n) is 9.55. The van der Waals surface area contributed by atoms with E-state index in [1.807, 2.05) is 60.9 Å². The lowest BCUT2D eigenvalue weighted by atomic mass is 10.1. The van der Waals surface area contributed by atoms with Crippen molar-refractivity contribution >= 4 is 28.5 Å². The molecule has 29 heavy (non-hydrogen) atoms. The summed E-state index contributed by atoms with van der Waals surface area (Å²) in [5.74, 6) is 0.447. The molecule has 0 fully saturated rings. The monoisotopic (exact) mass is 394 g/mol. The summed E-state index contributed by atoms with van der Waals surface area (Å²) in [6, 6.07) is 13.6. The Bertz CT molecular complexity index is 1030. The average molecular weight is 394 g/mol. The van der Waals surface area contributed by atoms with E-state index in [0.717, 1.165) is 28.1 Å². The van der Waals surface area contributed by atoms with Crippen molar-refractivity contribution in [3.63, 3.8) is 0 Å². The Labute approximate surface area is 170 Å². The first-order valence-corrected chi connectivity index (χ1v) is 9.55. The van der Waals surface area contributed by atoms with Crippen molar-refractivity contribution < 1.29 is 14.3 Å². The zero-order valence-electron chi connectivity index (χ0n) is 17.0. The van der Waals surface area contributed by atoms with Crippen molar-refractivity contribution in [1.82, 2.24) is 14.9 Å². The Kier molecular flexibility index (Phi) is 6.61. The highest BCUT2D eigenvalue weighted by Crippen LogP contribution is 2.18. The van der Waals surface area contributed by atoms with Crippen LogP contribution in [0.1, 0.15) is 17.0 Å². The molecule has 0 unspecified atom stereocenters. The van der Waals surface area contributed by atoms with Crippen LogP contribution in [0.4, 0.5) is 5.69 Å². The highest BCUT2D eigenvalue weighted by molar-refractivity contribution is 5.92. The number of carbonyl (C=O) groups is 2. The third kappa shape index (κ3) is 5.20. The smallest absolute Gasteiger partial charge is 0.245 e. The largest absolute Gasteiger partial charge is 0.375 e. The van der Waals surface area contributed by atoms with Crippen LogP contribution < -0.4 is 10.6 Å². The molecule has 1 heterocycles. The Balaban J connectivity index is 1.75. The zero-order valence-corrected chi connectivity index (χ0v) is 17.0. The highest BCUT2D eigenvalue weighted by atomic mass is 16.5. The molecule has 7 heteroatoms. The van der Waals surface area contributed by atoms with Crippen LogP contribution in [-0.2, 0) is 27.3 Å². The molecule has 0 radical (unpaired) electrons. The molecule has 3 rings (SSSR count). The van der Waals surface area contributed by atoms with Crippen molar-refractivity contribution in [2.75, 3.05) is 25.6 Å². The second-order valence-corrected chi connectivity index (χ2v) is 6.98. The topological polar surface area (TPSA) is 85.2 Å². The maximum absolute atomic E-state index is 12.7. The van der Waals surface area contributed by atoms with Crippen LogP contribution in [0.15, 0.2) is 42.5 Å². The van der Waals surface area contributed by atoms with Gasteiger partial charge in [-0.1, -0.05) is 18.2 Å². The number of hydrogen-bond acceptors (Lipinski definition) is 4. The minimum Gasteiger partial charge on any atom is -0.375 e. The summed E-state index contributed by atoms with van der Waals surface area (Å²) in [5, 5.41) is 5.75. The van der Waals surface area contributed by atoms with Gasteiger partial charge in [-0.2, -0.15) is 0 Å². The minimum absolute atomic E-state index is 0.0226. The number of imidazole rings is 1. The fourth-order valence-corrected chi connectivity index (χ4v) is 3.15. The number of aromatic nitrogens is 2. The third-order valence-electron chi connectivity index (χ3n) is 4.77. The average Bonchev–Trinajstić information content (AvgIpc) is 3.02. The molecule has 3 aromatic rings. The number of anilines is 1. The second-order valence-electron chi connectivity index (χ2n) is 6.98. The van der Waals surface area contributed by atoms with Gasteiger partial charge in [0.2, 0.25) is 11.8 Å². The molecule has 0 aliphatic carbocycles. The zero-order chi connectivity index (χ0) is 20.8. The van der Waals surface area contributed by atoms with E-state index in [9.17, 15) is 9.59 Å². The van der Waals surface area contributed by atoms with Gasteiger partial charge in [-0.25, -0.2) is 4.98 Å². The predicted molar refractivity (Wildman–Crippen MR) is 113 cm³/mol. The molecule has 0 atom stereocenters. The van der Waals surface area contributed by atoms with E-state index in [2.05, 4.69) is 15.6 Å². The van der Waals surface area contributed by atoms with Gasteiger partial charge in [-0.3, -0.25) is 9.59 Å². The van der Waals surface area contributed by atoms with Crippen molar-refractivity contribution in [1.29, 1.82) is 0 Å². The first-order chi connectivity index (χ1) is 14.0. The number of benzene rings is 2. The van der Waals surface area contributed by atoms with Crippen LogP contribution in [0.3, 0.4) is 0 Å². The summed E-state index contributed by atoms with van der Waals surface area (Å²) in [4.78, 5) is 28.9. The summed E-state index contributed by atoms with van der Waals surface area (Å²) < 4.78 is 6.71. The van der Waals surface area contributed by atoms with Crippen molar-refractivity contribution in [3.05, 3.63) is 59.4 Å². The summed E-state index contributed by atoms with van der Waals surface area (Å²) in [6.45, 7) is 4.65. The van der Waals surface area contributed by atoms with E-state index in [1.165, 1.54) is 12.7 Å². The SMILES string of the molecule is COCC(=O)NCCc1nc2ccccc2n1CC(=O)Nc1ccc(C)c(C)c1. The van der Waals surface area contributed by atoms with Crippen molar-refractivity contribution in [2.45, 2.75) is 26.8 Å². The van der Waals surface area contributed by atoms with E-state index in [0.29, 0.717) is 13.0 Å². The summed E-state index contributed by atoms with van der Waals surface area (Å²) >= 11 is 0. The lowest BCUT2D eigenvalue weighted by Gasteiger charge is -2.11. The van der Waals surface area contributed by atoms with Crippen LogP contribution in [-0.4, -0.2) is 41.6 Å². The van der Waals surface area contributed by atoms with Crippen LogP contribution in [0.25, 0.3) is 11.0 Å². The molecule has 1 aromatic heterocycles. The highest BCUT2D eigenvalue weighted by Gasteiger charge is 2.14. The molecule has 0 aliphatic rings. The molecule has 0 aliphatic heterocycles. The Morgan fingerprint density at radius 1 is 1.07 bits per heavy atom. The number of nitrogens with one attached hydrogen (secondary N) is 2. The normalized spacial score (nSPS) is 10.9. The number of rotatable bonds is 8. The van der Waals surface area contributed by atoms with Crippen molar-refractivity contribution in [3.8, 4) is 0 Å². The fraction of sp³-hybridized carbons (Fsp3) is 0.318. The van der Waals surface area contributed by atoms with Gasteiger partial charge in [-0.15, -0.1) is 0 Å². The van der Waals surface area contributed by atoms with Gasteiger partial charge < -0.3 is 19.9 Å². The van der Waals surface area contributed by atoms with Crippen LogP contribution in [0.5, 0.6) is 0 Å². The summed E-state index contributed by atoms with van der Waals surface area (Å²) in [6.07, 6.45) is 0.515. The number of para-hydroxylation sites is 2. The molecular weight excluding hydrogens is 368 g/mol. The molecule has 0 saturated carbocycles. The molecule has 0 bridgehead atoms. The first kappa shape index (κ1) is 20.5. The quantitative estimate of drug-likeness (QED) is 0.615. The maximum Gasteiger partial charge on any atom is 0.245 e. The molecule has 2 amide bonds. The van der Waals surface area contributed by atoms with Gasteiger partial charge >= 0.3 is 0 Å². The number of nitrogens with zero attached hydrogens (tertiary/aromatic N) is 2. The number of carbonyl (C=O) groups excluding carboxylic acids is 2. The molecule has 2 N–H and O–H groups in total. The van der Waals surface area contributed by atoms with Gasteiger partial charge in [0.25, 0.3) is 0 Å². The lowest BCUT2D eigenvalue weighted by molar-refractivity contribution is -0.124. The molecule has 0 spiro atoms.